The van der Waals surface area contributed by atoms with E-state index in [-0.39, 0.29) is 23.9 Å². The molecule has 0 spiro atoms. The lowest BCUT2D eigenvalue weighted by Gasteiger charge is -2.34. The number of aliphatic carboxylic acids is 1. The third kappa shape index (κ3) is 8.91. The predicted octanol–water partition coefficient (Wildman–Crippen LogP) is 2.96. The Bertz CT molecular complexity index is 1490. The van der Waals surface area contributed by atoms with Gasteiger partial charge in [-0.3, -0.25) is 14.4 Å². The molecule has 0 unspecified atom stereocenters. The van der Waals surface area contributed by atoms with Crippen LogP contribution in [0.5, 0.6) is 0 Å². The molecule has 2 saturated heterocycles. The molecule has 0 saturated carbocycles. The number of ether oxygens (including phenoxy) is 1. The van der Waals surface area contributed by atoms with Crippen LogP contribution in [0.25, 0.3) is 10.8 Å². The Morgan fingerprint density at radius 3 is 2.36 bits per heavy atom. The van der Waals surface area contributed by atoms with Gasteiger partial charge in [0.1, 0.15) is 11.6 Å². The summed E-state index contributed by atoms with van der Waals surface area (Å²) in [7, 11) is -4.22. The standard InChI is InChI=1S/C31H42N4O8S/c1-31(2,3)43-30(40)35-15-6-8-21(19-35)18-32-28(37)26(17-27(36)34-14-7-11-24(20-34)29(38)39)33-44(41,42)25-13-12-22-9-4-5-10-23(22)16-25/h4-5,9-10,12-13,16,21,24,26,33H,6-8,11,14-15,17-20H2,1-3H3,(H,32,37)(H,38,39)/t21-,24+,26+/m0/s1. The second kappa shape index (κ2) is 13.9. The van der Waals surface area contributed by atoms with Gasteiger partial charge in [0.25, 0.3) is 0 Å². The van der Waals surface area contributed by atoms with Crippen LogP contribution in [-0.4, -0.2) is 91.6 Å². The van der Waals surface area contributed by atoms with Crippen LogP contribution < -0.4 is 10.0 Å². The molecule has 2 aromatic rings. The normalized spacial score (nSPS) is 20.2. The largest absolute Gasteiger partial charge is 0.481 e. The van der Waals surface area contributed by atoms with Crippen LogP contribution >= 0.6 is 0 Å². The van der Waals surface area contributed by atoms with Crippen LogP contribution in [0.15, 0.2) is 47.4 Å². The van der Waals surface area contributed by atoms with E-state index in [9.17, 15) is 32.7 Å². The van der Waals surface area contributed by atoms with E-state index in [1.165, 1.54) is 17.0 Å². The average molecular weight is 631 g/mol. The molecule has 12 nitrogen and oxygen atoms in total. The van der Waals surface area contributed by atoms with Crippen LogP contribution in [0.3, 0.4) is 0 Å². The molecule has 3 amide bonds. The molecule has 0 aliphatic carbocycles. The first kappa shape index (κ1) is 33.2. The number of sulfonamides is 1. The topological polar surface area (TPSA) is 162 Å². The third-order valence-electron chi connectivity index (χ3n) is 7.88. The minimum Gasteiger partial charge on any atom is -0.481 e. The molecule has 0 radical (unpaired) electrons. The fourth-order valence-electron chi connectivity index (χ4n) is 5.58. The maximum absolute atomic E-state index is 13.5. The van der Waals surface area contributed by atoms with Gasteiger partial charge in [0.2, 0.25) is 21.8 Å². The minimum absolute atomic E-state index is 0.00248. The average Bonchev–Trinajstić information content (AvgIpc) is 2.98. The summed E-state index contributed by atoms with van der Waals surface area (Å²) >= 11 is 0. The quantitative estimate of drug-likeness (QED) is 0.381. The van der Waals surface area contributed by atoms with E-state index >= 15 is 0 Å². The molecule has 2 heterocycles. The molecule has 13 heteroatoms. The minimum atomic E-state index is -4.22. The van der Waals surface area contributed by atoms with Crippen molar-refractivity contribution in [2.75, 3.05) is 32.7 Å². The highest BCUT2D eigenvalue weighted by Gasteiger charge is 2.34. The molecule has 240 valence electrons. The van der Waals surface area contributed by atoms with Crippen LogP contribution in [0.1, 0.15) is 52.9 Å². The fourth-order valence-corrected chi connectivity index (χ4v) is 6.81. The van der Waals surface area contributed by atoms with Gasteiger partial charge in [0.15, 0.2) is 0 Å². The first-order valence-electron chi connectivity index (χ1n) is 15.0. The van der Waals surface area contributed by atoms with Gasteiger partial charge < -0.3 is 25.0 Å². The number of carboxylic acid groups (broad SMARTS) is 1. The van der Waals surface area contributed by atoms with Crippen molar-refractivity contribution in [3.63, 3.8) is 0 Å². The Kier molecular flexibility index (Phi) is 10.5. The molecule has 0 bridgehead atoms. The van der Waals surface area contributed by atoms with Gasteiger partial charge in [-0.2, -0.15) is 4.72 Å². The Balaban J connectivity index is 1.48. The number of carbonyl (C=O) groups excluding carboxylic acids is 3. The van der Waals surface area contributed by atoms with Gasteiger partial charge in [-0.15, -0.1) is 0 Å². The zero-order valence-corrected chi connectivity index (χ0v) is 26.3. The molecular formula is C31H42N4O8S. The smallest absolute Gasteiger partial charge is 0.410 e. The summed E-state index contributed by atoms with van der Waals surface area (Å²) in [5.41, 5.74) is -0.640. The highest BCUT2D eigenvalue weighted by Crippen LogP contribution is 2.22. The van der Waals surface area contributed by atoms with Crippen molar-refractivity contribution in [2.45, 2.75) is 69.4 Å². The number of nitrogens with one attached hydrogen (secondary N) is 2. The van der Waals surface area contributed by atoms with Crippen molar-refractivity contribution >= 4 is 44.7 Å². The first-order valence-corrected chi connectivity index (χ1v) is 16.5. The van der Waals surface area contributed by atoms with Crippen molar-refractivity contribution in [3.05, 3.63) is 42.5 Å². The van der Waals surface area contributed by atoms with Gasteiger partial charge in [-0.25, -0.2) is 13.2 Å². The summed E-state index contributed by atoms with van der Waals surface area (Å²) in [6, 6.07) is 10.4. The molecule has 2 fully saturated rings. The lowest BCUT2D eigenvalue weighted by Crippen LogP contribution is -2.52. The van der Waals surface area contributed by atoms with Crippen molar-refractivity contribution in [1.29, 1.82) is 0 Å². The number of hydrogen-bond acceptors (Lipinski definition) is 7. The molecule has 2 aromatic carbocycles. The summed E-state index contributed by atoms with van der Waals surface area (Å²) in [6.07, 6.45) is 1.50. The predicted molar refractivity (Wildman–Crippen MR) is 163 cm³/mol. The Morgan fingerprint density at radius 2 is 1.66 bits per heavy atom. The summed E-state index contributed by atoms with van der Waals surface area (Å²) in [4.78, 5) is 53.8. The highest BCUT2D eigenvalue weighted by atomic mass is 32.2. The summed E-state index contributed by atoms with van der Waals surface area (Å²) in [5.74, 6) is -2.99. The number of fused-ring (bicyclic) bond motifs is 1. The number of carbonyl (C=O) groups is 4. The van der Waals surface area contributed by atoms with Crippen molar-refractivity contribution in [1.82, 2.24) is 19.8 Å². The highest BCUT2D eigenvalue weighted by molar-refractivity contribution is 7.89. The Labute approximate surface area is 258 Å². The van der Waals surface area contributed by atoms with E-state index < -0.39 is 57.9 Å². The maximum Gasteiger partial charge on any atom is 0.410 e. The van der Waals surface area contributed by atoms with Crippen molar-refractivity contribution < 1.29 is 37.4 Å². The number of amides is 3. The van der Waals surface area contributed by atoms with E-state index in [0.29, 0.717) is 37.9 Å². The molecule has 0 aromatic heterocycles. The van der Waals surface area contributed by atoms with Gasteiger partial charge in [-0.05, 0) is 75.3 Å². The van der Waals surface area contributed by atoms with Crippen LogP contribution in [0, 0.1) is 11.8 Å². The SMILES string of the molecule is CC(C)(C)OC(=O)N1CCC[C@@H](CNC(=O)[C@@H](CC(=O)N2CCC[C@@H](C(=O)O)C2)NS(=O)(=O)c2ccc3ccccc3c2)C1. The first-order chi connectivity index (χ1) is 20.7. The molecular weight excluding hydrogens is 588 g/mol. The zero-order chi connectivity index (χ0) is 32.1. The number of nitrogens with zero attached hydrogens (tertiary/aromatic N) is 2. The molecule has 4 rings (SSSR count). The third-order valence-corrected chi connectivity index (χ3v) is 9.35. The summed E-state index contributed by atoms with van der Waals surface area (Å²) in [6.45, 7) is 6.78. The number of likely N-dealkylation sites (tertiary alicyclic amines) is 2. The summed E-state index contributed by atoms with van der Waals surface area (Å²) < 4.78 is 34.9. The van der Waals surface area contributed by atoms with Gasteiger partial charge in [0, 0.05) is 32.7 Å². The van der Waals surface area contributed by atoms with Crippen LogP contribution in [0.2, 0.25) is 0 Å². The van der Waals surface area contributed by atoms with Gasteiger partial charge in [-0.1, -0.05) is 30.3 Å². The summed E-state index contributed by atoms with van der Waals surface area (Å²) in [5, 5.41) is 13.8. The lowest BCUT2D eigenvalue weighted by atomic mass is 9.97. The molecule has 3 atom stereocenters. The van der Waals surface area contributed by atoms with Crippen LogP contribution in [-0.2, 0) is 29.1 Å². The molecule has 44 heavy (non-hydrogen) atoms. The van der Waals surface area contributed by atoms with E-state index in [0.717, 1.165) is 18.2 Å². The lowest BCUT2D eigenvalue weighted by molar-refractivity contribution is -0.146. The van der Waals surface area contributed by atoms with Gasteiger partial charge in [0.05, 0.1) is 17.2 Å². The Hall–Kier alpha value is -3.71. The number of rotatable bonds is 9. The van der Waals surface area contributed by atoms with Gasteiger partial charge >= 0.3 is 12.1 Å². The van der Waals surface area contributed by atoms with E-state index in [1.54, 1.807) is 43.9 Å². The second-order valence-electron chi connectivity index (χ2n) is 12.6. The molecule has 2 aliphatic rings. The number of benzene rings is 2. The maximum atomic E-state index is 13.5. The fraction of sp³-hybridized carbons (Fsp3) is 0.548. The van der Waals surface area contributed by atoms with E-state index in [4.69, 9.17) is 4.74 Å². The van der Waals surface area contributed by atoms with Crippen molar-refractivity contribution in [2.24, 2.45) is 11.8 Å². The number of carboxylic acids is 1. The molecule has 2 aliphatic heterocycles. The number of hydrogen-bond donors (Lipinski definition) is 3. The number of piperidine rings is 2. The van der Waals surface area contributed by atoms with E-state index in [2.05, 4.69) is 10.0 Å². The van der Waals surface area contributed by atoms with Crippen LogP contribution in [0.4, 0.5) is 4.79 Å². The monoisotopic (exact) mass is 630 g/mol. The Morgan fingerprint density at radius 1 is 0.977 bits per heavy atom. The van der Waals surface area contributed by atoms with Crippen molar-refractivity contribution in [3.8, 4) is 0 Å². The second-order valence-corrected chi connectivity index (χ2v) is 14.3. The van der Waals surface area contributed by atoms with E-state index in [1.807, 2.05) is 12.1 Å². The molecule has 3 N–H and O–H groups in total. The zero-order valence-electron chi connectivity index (χ0n) is 25.5.